The van der Waals surface area contributed by atoms with Crippen LogP contribution in [-0.4, -0.2) is 28.5 Å². The SMILES string of the molecule is CCOC(=O)c1ccc(N=c2sc(/C=C3/C=Nc4ccccc43)c(O)n2CC)cc1. The number of nitrogens with zero attached hydrogens (tertiary/aromatic N) is 3. The fourth-order valence-electron chi connectivity index (χ4n) is 3.18. The quantitative estimate of drug-likeness (QED) is 0.595. The Morgan fingerprint density at radius 3 is 2.70 bits per heavy atom. The van der Waals surface area contributed by atoms with Gasteiger partial charge in [0, 0.05) is 23.9 Å². The number of esters is 1. The van der Waals surface area contributed by atoms with Gasteiger partial charge in [0.15, 0.2) is 4.80 Å². The number of hydrogen-bond donors (Lipinski definition) is 1. The number of ether oxygens (including phenoxy) is 1. The van der Waals surface area contributed by atoms with Crippen LogP contribution < -0.4 is 4.80 Å². The Morgan fingerprint density at radius 1 is 1.20 bits per heavy atom. The number of aromatic hydroxyl groups is 1. The highest BCUT2D eigenvalue weighted by Gasteiger charge is 2.15. The van der Waals surface area contributed by atoms with Crippen molar-refractivity contribution in [2.45, 2.75) is 20.4 Å². The lowest BCUT2D eigenvalue weighted by Gasteiger charge is -2.02. The molecule has 1 aliphatic rings. The zero-order chi connectivity index (χ0) is 21.1. The van der Waals surface area contributed by atoms with Crippen LogP contribution in [0.3, 0.4) is 0 Å². The molecule has 0 amide bonds. The van der Waals surface area contributed by atoms with Gasteiger partial charge in [-0.25, -0.2) is 9.79 Å². The Hall–Kier alpha value is -3.45. The van der Waals surface area contributed by atoms with E-state index in [0.29, 0.717) is 29.2 Å². The Labute approximate surface area is 178 Å². The number of carbonyl (C=O) groups excluding carboxylic acids is 1. The van der Waals surface area contributed by atoms with E-state index in [9.17, 15) is 9.90 Å². The van der Waals surface area contributed by atoms with Crippen LogP contribution in [0, 0.1) is 0 Å². The van der Waals surface area contributed by atoms with E-state index >= 15 is 0 Å². The summed E-state index contributed by atoms with van der Waals surface area (Å²) < 4.78 is 6.77. The van der Waals surface area contributed by atoms with Gasteiger partial charge in [0.2, 0.25) is 5.88 Å². The highest BCUT2D eigenvalue weighted by atomic mass is 32.1. The fourth-order valence-corrected chi connectivity index (χ4v) is 4.24. The minimum Gasteiger partial charge on any atom is -0.493 e. The predicted molar refractivity (Wildman–Crippen MR) is 120 cm³/mol. The molecule has 0 bridgehead atoms. The monoisotopic (exact) mass is 419 g/mol. The molecule has 0 atom stereocenters. The van der Waals surface area contributed by atoms with Crippen LogP contribution in [-0.2, 0) is 11.3 Å². The average Bonchev–Trinajstić information content (AvgIpc) is 3.30. The normalized spacial score (nSPS) is 14.3. The third-order valence-electron chi connectivity index (χ3n) is 4.67. The lowest BCUT2D eigenvalue weighted by atomic mass is 10.1. The van der Waals surface area contributed by atoms with Crippen molar-refractivity contribution in [3.63, 3.8) is 0 Å². The van der Waals surface area contributed by atoms with Crippen LogP contribution in [0.4, 0.5) is 11.4 Å². The molecular formula is C23H21N3O3S. The highest BCUT2D eigenvalue weighted by molar-refractivity contribution is 7.10. The molecule has 0 saturated carbocycles. The van der Waals surface area contributed by atoms with E-state index in [1.165, 1.54) is 11.3 Å². The summed E-state index contributed by atoms with van der Waals surface area (Å²) >= 11 is 1.40. The van der Waals surface area contributed by atoms with Crippen LogP contribution in [0.25, 0.3) is 11.6 Å². The Bertz CT molecular complexity index is 1220. The second-order valence-electron chi connectivity index (χ2n) is 6.57. The molecule has 0 radical (unpaired) electrons. The van der Waals surface area contributed by atoms with Crippen molar-refractivity contribution in [3.8, 4) is 5.88 Å². The van der Waals surface area contributed by atoms with Gasteiger partial charge in [-0.1, -0.05) is 29.5 Å². The summed E-state index contributed by atoms with van der Waals surface area (Å²) in [6.07, 6.45) is 3.75. The second kappa shape index (κ2) is 8.51. The molecule has 0 aliphatic carbocycles. The van der Waals surface area contributed by atoms with Crippen molar-refractivity contribution in [1.29, 1.82) is 0 Å². The van der Waals surface area contributed by atoms with E-state index < -0.39 is 0 Å². The van der Waals surface area contributed by atoms with Gasteiger partial charge in [0.25, 0.3) is 0 Å². The number of aliphatic imine (C=N–C) groups is 1. The summed E-state index contributed by atoms with van der Waals surface area (Å²) in [6, 6.07) is 14.8. The van der Waals surface area contributed by atoms with Crippen molar-refractivity contribution in [3.05, 3.63) is 69.3 Å². The van der Waals surface area contributed by atoms with Crippen LogP contribution in [0.1, 0.15) is 34.6 Å². The molecule has 30 heavy (non-hydrogen) atoms. The maximum Gasteiger partial charge on any atom is 0.338 e. The number of allylic oxidation sites excluding steroid dienone is 1. The molecule has 4 rings (SSSR count). The Kier molecular flexibility index (Phi) is 5.63. The molecule has 0 saturated heterocycles. The lowest BCUT2D eigenvalue weighted by Crippen LogP contribution is -2.12. The van der Waals surface area contributed by atoms with Crippen molar-refractivity contribution >= 4 is 46.5 Å². The van der Waals surface area contributed by atoms with Gasteiger partial charge in [0.1, 0.15) is 0 Å². The van der Waals surface area contributed by atoms with Crippen LogP contribution in [0.15, 0.2) is 58.5 Å². The number of hydrogen-bond acceptors (Lipinski definition) is 6. The molecular weight excluding hydrogens is 398 g/mol. The maximum absolute atomic E-state index is 11.8. The summed E-state index contributed by atoms with van der Waals surface area (Å²) in [7, 11) is 0. The molecule has 0 fully saturated rings. The minimum absolute atomic E-state index is 0.176. The molecule has 1 N–H and O–H groups in total. The number of rotatable bonds is 5. The number of carbonyl (C=O) groups is 1. The third-order valence-corrected chi connectivity index (χ3v) is 5.69. The number of thiazole rings is 1. The molecule has 152 valence electrons. The van der Waals surface area contributed by atoms with Gasteiger partial charge < -0.3 is 9.84 Å². The van der Waals surface area contributed by atoms with Crippen LogP contribution in [0.5, 0.6) is 5.88 Å². The van der Waals surface area contributed by atoms with Gasteiger partial charge in [-0.05, 0) is 50.3 Å². The summed E-state index contributed by atoms with van der Waals surface area (Å²) in [4.78, 5) is 22.3. The van der Waals surface area contributed by atoms with Gasteiger partial charge in [0.05, 0.1) is 28.4 Å². The molecule has 3 aromatic rings. The summed E-state index contributed by atoms with van der Waals surface area (Å²) in [5.41, 5.74) is 4.10. The van der Waals surface area contributed by atoms with Crippen molar-refractivity contribution < 1.29 is 14.6 Å². The fraction of sp³-hybridized carbons (Fsp3) is 0.174. The van der Waals surface area contributed by atoms with Gasteiger partial charge in [-0.15, -0.1) is 0 Å². The van der Waals surface area contributed by atoms with Crippen molar-refractivity contribution in [2.24, 2.45) is 9.98 Å². The Balaban J connectivity index is 1.70. The van der Waals surface area contributed by atoms with Gasteiger partial charge in [-0.2, -0.15) is 0 Å². The topological polar surface area (TPSA) is 76.2 Å². The molecule has 6 nitrogen and oxygen atoms in total. The van der Waals surface area contributed by atoms with E-state index in [1.54, 1.807) is 35.8 Å². The third kappa shape index (κ3) is 3.84. The van der Waals surface area contributed by atoms with E-state index in [1.807, 2.05) is 43.5 Å². The molecule has 0 unspecified atom stereocenters. The first-order valence-corrected chi connectivity index (χ1v) is 10.5. The predicted octanol–water partition coefficient (Wildman–Crippen LogP) is 4.94. The summed E-state index contributed by atoms with van der Waals surface area (Å²) in [5, 5.41) is 10.7. The van der Waals surface area contributed by atoms with E-state index in [2.05, 4.69) is 9.98 Å². The first kappa shape index (κ1) is 19.8. The molecule has 1 aliphatic heterocycles. The van der Waals surface area contributed by atoms with E-state index in [-0.39, 0.29) is 11.8 Å². The van der Waals surface area contributed by atoms with Crippen LogP contribution >= 0.6 is 11.3 Å². The smallest absolute Gasteiger partial charge is 0.338 e. The zero-order valence-electron chi connectivity index (χ0n) is 16.7. The molecule has 1 aromatic heterocycles. The van der Waals surface area contributed by atoms with Gasteiger partial charge in [-0.3, -0.25) is 9.56 Å². The van der Waals surface area contributed by atoms with E-state index in [4.69, 9.17) is 4.74 Å². The van der Waals surface area contributed by atoms with Gasteiger partial charge >= 0.3 is 5.97 Å². The largest absolute Gasteiger partial charge is 0.493 e. The lowest BCUT2D eigenvalue weighted by molar-refractivity contribution is 0.0526. The first-order valence-electron chi connectivity index (χ1n) is 9.70. The first-order chi connectivity index (χ1) is 14.6. The summed E-state index contributed by atoms with van der Waals surface area (Å²) in [5.74, 6) is -0.177. The number of fused-ring (bicyclic) bond motifs is 1. The zero-order valence-corrected chi connectivity index (χ0v) is 17.5. The van der Waals surface area contributed by atoms with E-state index in [0.717, 1.165) is 21.7 Å². The second-order valence-corrected chi connectivity index (χ2v) is 7.58. The highest BCUT2D eigenvalue weighted by Crippen LogP contribution is 2.34. The maximum atomic E-state index is 11.8. The number of para-hydroxylation sites is 1. The minimum atomic E-state index is -0.353. The Morgan fingerprint density at radius 2 is 1.97 bits per heavy atom. The van der Waals surface area contributed by atoms with Crippen molar-refractivity contribution in [1.82, 2.24) is 4.57 Å². The molecule has 0 spiro atoms. The average molecular weight is 420 g/mol. The summed E-state index contributed by atoms with van der Waals surface area (Å²) in [6.45, 7) is 4.65. The van der Waals surface area contributed by atoms with Crippen LogP contribution in [0.2, 0.25) is 0 Å². The number of benzene rings is 2. The molecule has 7 heteroatoms. The molecule has 2 heterocycles. The standard InChI is InChI=1S/C23H21N3O3S/c1-3-26-21(27)20(13-16-14-24-19-8-6-5-7-18(16)19)30-23(26)25-17-11-9-15(10-12-17)22(28)29-4-2/h5-14,27H,3-4H2,1-2H3/b16-13-,25-23?. The number of aromatic nitrogens is 1. The van der Waals surface area contributed by atoms with Crippen molar-refractivity contribution in [2.75, 3.05) is 6.61 Å². The molecule has 2 aromatic carbocycles.